The number of nitrogens with one attached hydrogen (secondary N) is 2. The van der Waals surface area contributed by atoms with Crippen LogP contribution in [-0.2, 0) is 0 Å². The Hall–Kier alpha value is -1.69. The number of rotatable bonds is 2. The summed E-state index contributed by atoms with van der Waals surface area (Å²) in [6.07, 6.45) is 0. The topological polar surface area (TPSA) is 37.0 Å². The highest BCUT2D eigenvalue weighted by molar-refractivity contribution is 7.80. The first-order valence-corrected chi connectivity index (χ1v) is 7.91. The molecule has 3 rings (SSSR count). The Balaban J connectivity index is 1.72. The van der Waals surface area contributed by atoms with Crippen LogP contribution in [0.5, 0.6) is 0 Å². The van der Waals surface area contributed by atoms with Crippen LogP contribution in [0.2, 0.25) is 5.02 Å². The van der Waals surface area contributed by atoms with E-state index in [9.17, 15) is 0 Å². The van der Waals surface area contributed by atoms with E-state index in [-0.39, 0.29) is 0 Å². The molecule has 0 bridgehead atoms. The van der Waals surface area contributed by atoms with Crippen molar-refractivity contribution in [2.75, 3.05) is 10.6 Å². The van der Waals surface area contributed by atoms with Gasteiger partial charge in [0.05, 0.1) is 10.2 Å². The third kappa shape index (κ3) is 3.50. The average Bonchev–Trinajstić information content (AvgIpc) is 2.82. The summed E-state index contributed by atoms with van der Waals surface area (Å²) in [6.45, 7) is 2.05. The zero-order chi connectivity index (χ0) is 14.8. The van der Waals surface area contributed by atoms with Gasteiger partial charge in [-0.05, 0) is 49.5 Å². The fourth-order valence-corrected chi connectivity index (χ4v) is 3.27. The quantitative estimate of drug-likeness (QED) is 0.642. The third-order valence-electron chi connectivity index (χ3n) is 2.88. The maximum Gasteiger partial charge on any atom is 0.190 e. The minimum atomic E-state index is 0.518. The predicted octanol–water partition coefficient (Wildman–Crippen LogP) is 5.07. The van der Waals surface area contributed by atoms with Crippen LogP contribution >= 0.6 is 35.2 Å². The molecule has 3 nitrogen and oxygen atoms in total. The molecule has 0 fully saturated rings. The van der Waals surface area contributed by atoms with Gasteiger partial charge in [0, 0.05) is 10.7 Å². The number of halogens is 1. The van der Waals surface area contributed by atoms with Crippen molar-refractivity contribution in [3.8, 4) is 0 Å². The predicted molar refractivity (Wildman–Crippen MR) is 95.7 cm³/mol. The number of fused-ring (bicyclic) bond motifs is 1. The second kappa shape index (κ2) is 5.97. The number of aromatic nitrogens is 1. The molecule has 0 aliphatic rings. The van der Waals surface area contributed by atoms with Crippen molar-refractivity contribution in [2.45, 2.75) is 6.92 Å². The van der Waals surface area contributed by atoms with E-state index in [2.05, 4.69) is 15.6 Å². The summed E-state index contributed by atoms with van der Waals surface area (Å²) in [4.78, 5) is 4.47. The van der Waals surface area contributed by atoms with Crippen molar-refractivity contribution in [3.63, 3.8) is 0 Å². The molecule has 0 amide bonds. The van der Waals surface area contributed by atoms with Crippen LogP contribution < -0.4 is 10.6 Å². The summed E-state index contributed by atoms with van der Waals surface area (Å²) in [6, 6.07) is 13.7. The lowest BCUT2D eigenvalue weighted by molar-refractivity contribution is 1.45. The van der Waals surface area contributed by atoms with Gasteiger partial charge in [-0.1, -0.05) is 40.6 Å². The first-order chi connectivity index (χ1) is 10.1. The molecule has 6 heteroatoms. The molecule has 2 N–H and O–H groups in total. The van der Waals surface area contributed by atoms with Gasteiger partial charge < -0.3 is 10.6 Å². The summed E-state index contributed by atoms with van der Waals surface area (Å²) >= 11 is 12.8. The molecular formula is C15H12ClN3S2. The Morgan fingerprint density at radius 3 is 2.67 bits per heavy atom. The molecule has 1 aromatic heterocycles. The number of hydrogen-bond acceptors (Lipinski definition) is 3. The average molecular weight is 334 g/mol. The van der Waals surface area contributed by atoms with Crippen molar-refractivity contribution in [1.82, 2.24) is 4.98 Å². The van der Waals surface area contributed by atoms with Crippen molar-refractivity contribution in [3.05, 3.63) is 53.1 Å². The van der Waals surface area contributed by atoms with Crippen LogP contribution in [0.3, 0.4) is 0 Å². The van der Waals surface area contributed by atoms with Crippen LogP contribution in [0.1, 0.15) is 5.56 Å². The van der Waals surface area contributed by atoms with E-state index in [0.717, 1.165) is 21.0 Å². The molecule has 0 unspecified atom stereocenters. The largest absolute Gasteiger partial charge is 0.332 e. The standard InChI is InChI=1S/C15H12ClN3S2/c1-9-2-5-11(6-3-9)17-14(20)19-15-18-12-7-4-10(16)8-13(12)21-15/h2-8H,1H3,(H2,17,18,19,20). The Morgan fingerprint density at radius 1 is 1.14 bits per heavy atom. The van der Waals surface area contributed by atoms with Crippen molar-refractivity contribution in [2.24, 2.45) is 0 Å². The van der Waals surface area contributed by atoms with Crippen LogP contribution in [0.25, 0.3) is 10.2 Å². The molecule has 0 saturated heterocycles. The van der Waals surface area contributed by atoms with Gasteiger partial charge in [-0.15, -0.1) is 0 Å². The summed E-state index contributed by atoms with van der Waals surface area (Å²) in [5.41, 5.74) is 3.06. The van der Waals surface area contributed by atoms with E-state index in [1.165, 1.54) is 16.9 Å². The highest BCUT2D eigenvalue weighted by Gasteiger charge is 2.06. The van der Waals surface area contributed by atoms with E-state index < -0.39 is 0 Å². The number of aryl methyl sites for hydroxylation is 1. The van der Waals surface area contributed by atoms with Crippen LogP contribution in [0.4, 0.5) is 10.8 Å². The van der Waals surface area contributed by atoms with Crippen LogP contribution in [0, 0.1) is 6.92 Å². The van der Waals surface area contributed by atoms with Gasteiger partial charge >= 0.3 is 0 Å². The maximum atomic E-state index is 5.97. The Bertz CT molecular complexity index is 796. The second-order valence-electron chi connectivity index (χ2n) is 4.58. The van der Waals surface area contributed by atoms with E-state index in [1.807, 2.05) is 49.4 Å². The fraction of sp³-hybridized carbons (Fsp3) is 0.0667. The summed E-state index contributed by atoms with van der Waals surface area (Å²) in [5.74, 6) is 0. The summed E-state index contributed by atoms with van der Waals surface area (Å²) in [7, 11) is 0. The molecule has 0 aliphatic heterocycles. The lowest BCUT2D eigenvalue weighted by Crippen LogP contribution is -2.18. The van der Waals surface area contributed by atoms with Crippen molar-refractivity contribution < 1.29 is 0 Å². The monoisotopic (exact) mass is 333 g/mol. The molecule has 0 saturated carbocycles. The van der Waals surface area contributed by atoms with Crippen molar-refractivity contribution >= 4 is 61.3 Å². The van der Waals surface area contributed by atoms with E-state index in [1.54, 1.807) is 0 Å². The summed E-state index contributed by atoms with van der Waals surface area (Å²) < 4.78 is 1.03. The molecule has 0 aliphatic carbocycles. The SMILES string of the molecule is Cc1ccc(NC(=S)Nc2nc3ccc(Cl)cc3s2)cc1. The van der Waals surface area contributed by atoms with Gasteiger partial charge in [0.2, 0.25) is 0 Å². The Morgan fingerprint density at radius 2 is 1.90 bits per heavy atom. The van der Waals surface area contributed by atoms with Gasteiger partial charge in [0.15, 0.2) is 10.2 Å². The number of nitrogens with zero attached hydrogens (tertiary/aromatic N) is 1. The Kier molecular flexibility index (Phi) is 4.05. The molecule has 1 heterocycles. The number of thiocarbonyl (C=S) groups is 1. The first-order valence-electron chi connectivity index (χ1n) is 6.31. The molecule has 0 atom stereocenters. The van der Waals surface area contributed by atoms with Gasteiger partial charge in [0.1, 0.15) is 0 Å². The van der Waals surface area contributed by atoms with E-state index >= 15 is 0 Å². The minimum Gasteiger partial charge on any atom is -0.332 e. The number of benzene rings is 2. The van der Waals surface area contributed by atoms with Crippen LogP contribution in [0.15, 0.2) is 42.5 Å². The van der Waals surface area contributed by atoms with E-state index in [4.69, 9.17) is 23.8 Å². The number of thiazole rings is 1. The second-order valence-corrected chi connectivity index (χ2v) is 6.45. The molecule has 0 radical (unpaired) electrons. The van der Waals surface area contributed by atoms with E-state index in [0.29, 0.717) is 10.1 Å². The number of hydrogen-bond donors (Lipinski definition) is 2. The molecule has 21 heavy (non-hydrogen) atoms. The zero-order valence-corrected chi connectivity index (χ0v) is 13.6. The highest BCUT2D eigenvalue weighted by atomic mass is 35.5. The summed E-state index contributed by atoms with van der Waals surface area (Å²) in [5, 5.41) is 8.20. The molecule has 106 valence electrons. The molecular weight excluding hydrogens is 322 g/mol. The minimum absolute atomic E-state index is 0.518. The molecule has 0 spiro atoms. The van der Waals surface area contributed by atoms with Gasteiger partial charge in [-0.25, -0.2) is 4.98 Å². The van der Waals surface area contributed by atoms with Crippen LogP contribution in [-0.4, -0.2) is 10.1 Å². The zero-order valence-electron chi connectivity index (χ0n) is 11.2. The molecule has 3 aromatic rings. The number of anilines is 2. The normalized spacial score (nSPS) is 10.6. The van der Waals surface area contributed by atoms with Gasteiger partial charge in [0.25, 0.3) is 0 Å². The fourth-order valence-electron chi connectivity index (χ4n) is 1.85. The molecule has 2 aromatic carbocycles. The lowest BCUT2D eigenvalue weighted by atomic mass is 10.2. The first kappa shape index (κ1) is 14.3. The lowest BCUT2D eigenvalue weighted by Gasteiger charge is -2.08. The van der Waals surface area contributed by atoms with Crippen molar-refractivity contribution in [1.29, 1.82) is 0 Å². The van der Waals surface area contributed by atoms with Gasteiger partial charge in [-0.2, -0.15) is 0 Å². The maximum absolute atomic E-state index is 5.97. The highest BCUT2D eigenvalue weighted by Crippen LogP contribution is 2.28. The Labute approximate surface area is 137 Å². The third-order valence-corrected chi connectivity index (χ3v) is 4.25. The van der Waals surface area contributed by atoms with Gasteiger partial charge in [-0.3, -0.25) is 0 Å². The smallest absolute Gasteiger partial charge is 0.190 e.